The van der Waals surface area contributed by atoms with Crippen molar-refractivity contribution in [3.63, 3.8) is 0 Å². The number of aryl methyl sites for hydroxylation is 1. The van der Waals surface area contributed by atoms with Gasteiger partial charge in [-0.25, -0.2) is 4.90 Å². The van der Waals surface area contributed by atoms with Crippen LogP contribution in [0.1, 0.15) is 39.4 Å². The van der Waals surface area contributed by atoms with Crippen molar-refractivity contribution in [3.05, 3.63) is 40.2 Å². The van der Waals surface area contributed by atoms with Crippen molar-refractivity contribution in [2.24, 2.45) is 0 Å². The largest absolute Gasteiger partial charge is 0.459 e. The van der Waals surface area contributed by atoms with Gasteiger partial charge in [-0.15, -0.1) is 11.3 Å². The molecule has 0 aliphatic carbocycles. The Morgan fingerprint density at radius 3 is 3.04 bits per heavy atom. The maximum Gasteiger partial charge on any atom is 0.298 e. The highest BCUT2D eigenvalue weighted by atomic mass is 32.1. The zero-order valence-corrected chi connectivity index (χ0v) is 14.9. The van der Waals surface area contributed by atoms with Crippen molar-refractivity contribution >= 4 is 22.2 Å². The minimum atomic E-state index is -0.0490. The first kappa shape index (κ1) is 15.9. The molecular weight excluding hydrogens is 324 g/mol. The molecule has 2 aromatic heterocycles. The summed E-state index contributed by atoms with van der Waals surface area (Å²) in [5, 5.41) is 1.09. The second-order valence-corrected chi connectivity index (χ2v) is 7.90. The summed E-state index contributed by atoms with van der Waals surface area (Å²) in [6.07, 6.45) is 4.15. The van der Waals surface area contributed by atoms with E-state index in [2.05, 4.69) is 13.8 Å². The summed E-state index contributed by atoms with van der Waals surface area (Å²) in [5.41, 5.74) is 2.62. The molecule has 2 aliphatic heterocycles. The first-order valence-corrected chi connectivity index (χ1v) is 9.34. The molecule has 2 atom stereocenters. The van der Waals surface area contributed by atoms with Gasteiger partial charge < -0.3 is 14.1 Å². The fourth-order valence-corrected chi connectivity index (χ4v) is 4.82. The molecule has 0 aromatic carbocycles. The number of nitrogens with zero attached hydrogens (tertiary/aromatic N) is 1. The molecule has 4 rings (SSSR count). The van der Waals surface area contributed by atoms with E-state index in [1.165, 1.54) is 20.9 Å². The molecule has 1 saturated heterocycles. The van der Waals surface area contributed by atoms with Gasteiger partial charge in [0.15, 0.2) is 12.4 Å². The number of quaternary nitrogens is 1. The zero-order valence-electron chi connectivity index (χ0n) is 14.1. The van der Waals surface area contributed by atoms with E-state index in [9.17, 15) is 4.79 Å². The summed E-state index contributed by atoms with van der Waals surface area (Å²) in [7, 11) is 0. The number of fused-ring (bicyclic) bond motifs is 1. The Hall–Kier alpha value is -1.63. The Morgan fingerprint density at radius 1 is 1.46 bits per heavy atom. The molecule has 2 aromatic rings. The van der Waals surface area contributed by atoms with Gasteiger partial charge in [0.05, 0.1) is 6.26 Å². The number of hydrogen-bond acceptors (Lipinski definition) is 4. The Kier molecular flexibility index (Phi) is 4.20. The SMILES string of the molecule is Cc1sc2c(c1C)C[NH+](C[C@H]1CCCO1)CN2C(=O)c1ccco1. The van der Waals surface area contributed by atoms with Gasteiger partial charge in [0.25, 0.3) is 5.91 Å². The number of furan rings is 1. The minimum absolute atomic E-state index is 0.0490. The van der Waals surface area contributed by atoms with E-state index in [-0.39, 0.29) is 5.91 Å². The van der Waals surface area contributed by atoms with E-state index >= 15 is 0 Å². The molecule has 128 valence electrons. The molecule has 24 heavy (non-hydrogen) atoms. The van der Waals surface area contributed by atoms with Crippen molar-refractivity contribution in [1.29, 1.82) is 0 Å². The van der Waals surface area contributed by atoms with Crippen molar-refractivity contribution in [2.45, 2.75) is 39.3 Å². The molecule has 1 unspecified atom stereocenters. The molecule has 2 aliphatic rings. The van der Waals surface area contributed by atoms with Crippen LogP contribution in [0.15, 0.2) is 22.8 Å². The van der Waals surface area contributed by atoms with Gasteiger partial charge in [0.1, 0.15) is 24.2 Å². The number of carbonyl (C=O) groups excluding carboxylic acids is 1. The number of thiophene rings is 1. The fourth-order valence-electron chi connectivity index (χ4n) is 3.64. The average molecular weight is 347 g/mol. The third-order valence-electron chi connectivity index (χ3n) is 5.06. The van der Waals surface area contributed by atoms with Gasteiger partial charge in [-0.1, -0.05) is 0 Å². The summed E-state index contributed by atoms with van der Waals surface area (Å²) in [6, 6.07) is 3.50. The van der Waals surface area contributed by atoms with Gasteiger partial charge >= 0.3 is 0 Å². The second-order valence-electron chi connectivity index (χ2n) is 6.70. The number of carbonyl (C=O) groups is 1. The standard InChI is InChI=1S/C18H22N2O3S/c1-12-13(2)24-18-15(12)10-19(9-14-5-3-7-22-14)11-20(18)17(21)16-6-4-8-23-16/h4,6,8,14H,3,5,7,9-11H2,1-2H3/p+1/t14-/m1/s1. The van der Waals surface area contributed by atoms with Crippen LogP contribution < -0.4 is 9.80 Å². The van der Waals surface area contributed by atoms with E-state index < -0.39 is 0 Å². The smallest absolute Gasteiger partial charge is 0.298 e. The molecule has 1 fully saturated rings. The average Bonchev–Trinajstić information content (AvgIpc) is 3.31. The maximum absolute atomic E-state index is 12.9. The van der Waals surface area contributed by atoms with Crippen LogP contribution in [-0.4, -0.2) is 31.8 Å². The van der Waals surface area contributed by atoms with Gasteiger partial charge in [-0.05, 0) is 44.4 Å². The molecule has 4 heterocycles. The van der Waals surface area contributed by atoms with E-state index in [1.54, 1.807) is 29.7 Å². The van der Waals surface area contributed by atoms with E-state index in [0.717, 1.165) is 37.5 Å². The van der Waals surface area contributed by atoms with Gasteiger partial charge in [-0.2, -0.15) is 0 Å². The number of nitrogens with one attached hydrogen (secondary N) is 1. The number of amides is 1. The topological polar surface area (TPSA) is 47.1 Å². The normalized spacial score (nSPS) is 23.5. The minimum Gasteiger partial charge on any atom is -0.459 e. The molecular formula is C18H23N2O3S+. The van der Waals surface area contributed by atoms with Gasteiger partial charge in [0, 0.05) is 17.0 Å². The number of rotatable bonds is 3. The summed E-state index contributed by atoms with van der Waals surface area (Å²) in [5.74, 6) is 0.357. The summed E-state index contributed by atoms with van der Waals surface area (Å²) < 4.78 is 11.2. The summed E-state index contributed by atoms with van der Waals surface area (Å²) in [6.45, 7) is 7.76. The lowest BCUT2D eigenvalue weighted by Gasteiger charge is -2.33. The first-order chi connectivity index (χ1) is 11.6. The van der Waals surface area contributed by atoms with Crippen LogP contribution in [0.4, 0.5) is 5.00 Å². The van der Waals surface area contributed by atoms with Crippen LogP contribution in [0.25, 0.3) is 0 Å². The molecule has 5 nitrogen and oxygen atoms in total. The van der Waals surface area contributed by atoms with E-state index in [0.29, 0.717) is 18.5 Å². The Bertz CT molecular complexity index is 732. The Morgan fingerprint density at radius 2 is 2.33 bits per heavy atom. The number of hydrogen-bond donors (Lipinski definition) is 1. The zero-order chi connectivity index (χ0) is 16.7. The third kappa shape index (κ3) is 2.79. The lowest BCUT2D eigenvalue weighted by molar-refractivity contribution is -0.917. The number of anilines is 1. The van der Waals surface area contributed by atoms with E-state index in [1.807, 2.05) is 4.90 Å². The van der Waals surface area contributed by atoms with Crippen molar-refractivity contribution < 1.29 is 18.8 Å². The van der Waals surface area contributed by atoms with Crippen LogP contribution in [0.2, 0.25) is 0 Å². The Labute approximate surface area is 145 Å². The Balaban J connectivity index is 1.64. The van der Waals surface area contributed by atoms with E-state index in [4.69, 9.17) is 9.15 Å². The van der Waals surface area contributed by atoms with Gasteiger partial charge in [0.2, 0.25) is 0 Å². The quantitative estimate of drug-likeness (QED) is 0.925. The van der Waals surface area contributed by atoms with Crippen LogP contribution in [-0.2, 0) is 11.3 Å². The molecule has 0 saturated carbocycles. The highest BCUT2D eigenvalue weighted by Crippen LogP contribution is 2.36. The lowest BCUT2D eigenvalue weighted by atomic mass is 10.1. The first-order valence-electron chi connectivity index (χ1n) is 8.53. The second kappa shape index (κ2) is 6.35. The molecule has 1 N–H and O–H groups in total. The highest BCUT2D eigenvalue weighted by Gasteiger charge is 2.36. The predicted molar refractivity (Wildman–Crippen MR) is 92.7 cm³/mol. The fraction of sp³-hybridized carbons (Fsp3) is 0.500. The molecule has 1 amide bonds. The number of ether oxygens (including phenoxy) is 1. The molecule has 0 bridgehead atoms. The predicted octanol–water partition coefficient (Wildman–Crippen LogP) is 2.14. The monoisotopic (exact) mass is 347 g/mol. The van der Waals surface area contributed by atoms with Crippen molar-refractivity contribution in [1.82, 2.24) is 0 Å². The summed E-state index contributed by atoms with van der Waals surface area (Å²) in [4.78, 5) is 17.5. The lowest BCUT2D eigenvalue weighted by Crippen LogP contribution is -3.14. The van der Waals surface area contributed by atoms with Gasteiger partial charge in [-0.3, -0.25) is 4.79 Å². The summed E-state index contributed by atoms with van der Waals surface area (Å²) >= 11 is 1.71. The molecule has 6 heteroatoms. The highest BCUT2D eigenvalue weighted by molar-refractivity contribution is 7.16. The van der Waals surface area contributed by atoms with Crippen molar-refractivity contribution in [3.8, 4) is 0 Å². The molecule has 0 spiro atoms. The van der Waals surface area contributed by atoms with Crippen molar-refractivity contribution in [2.75, 3.05) is 24.7 Å². The van der Waals surface area contributed by atoms with Crippen LogP contribution in [0, 0.1) is 13.8 Å². The van der Waals surface area contributed by atoms with Crippen LogP contribution in [0.3, 0.4) is 0 Å². The third-order valence-corrected chi connectivity index (χ3v) is 6.33. The molecule has 0 radical (unpaired) electrons. The maximum atomic E-state index is 12.9. The van der Waals surface area contributed by atoms with Crippen LogP contribution >= 0.6 is 11.3 Å². The van der Waals surface area contributed by atoms with Crippen LogP contribution in [0.5, 0.6) is 0 Å².